The van der Waals surface area contributed by atoms with E-state index in [1.165, 1.54) is 11.1 Å². The molecule has 0 saturated heterocycles. The molecule has 2 aromatic rings. The number of nitrogens with one attached hydrogen (secondary N) is 3. The van der Waals surface area contributed by atoms with E-state index in [1.807, 2.05) is 36.4 Å². The van der Waals surface area contributed by atoms with Gasteiger partial charge in [-0.1, -0.05) is 61.2 Å². The van der Waals surface area contributed by atoms with E-state index in [0.717, 1.165) is 5.56 Å². The second kappa shape index (κ2) is 6.64. The fourth-order valence-electron chi connectivity index (χ4n) is 3.72. The molecule has 4 N–H and O–H groups in total. The number of urea groups is 1. The van der Waals surface area contributed by atoms with Gasteiger partial charge in [0, 0.05) is 5.92 Å². The molecule has 27 heavy (non-hydrogen) atoms. The fourth-order valence-corrected chi connectivity index (χ4v) is 3.72. The molecule has 0 spiro atoms. The van der Waals surface area contributed by atoms with Crippen LogP contribution in [-0.4, -0.2) is 17.0 Å². The van der Waals surface area contributed by atoms with Crippen molar-refractivity contribution in [3.8, 4) is 0 Å². The number of fused-ring (bicyclic) bond motifs is 1. The highest BCUT2D eigenvalue weighted by molar-refractivity contribution is 6.00. The summed E-state index contributed by atoms with van der Waals surface area (Å²) in [5.41, 5.74) is 3.21. The minimum atomic E-state index is -0.600. The SMILES string of the molecule is C=C1NC(=O)NC(C(=O)N[C@H]2C[C@@H](c3ccccc3)c3ccccc32)=C1O. The lowest BCUT2D eigenvalue weighted by atomic mass is 9.93. The predicted octanol–water partition coefficient (Wildman–Crippen LogP) is 2.98. The van der Waals surface area contributed by atoms with Crippen molar-refractivity contribution in [2.45, 2.75) is 18.4 Å². The summed E-state index contributed by atoms with van der Waals surface area (Å²) in [4.78, 5) is 24.3. The van der Waals surface area contributed by atoms with Crippen LogP contribution in [0, 0.1) is 0 Å². The predicted molar refractivity (Wildman–Crippen MR) is 101 cm³/mol. The van der Waals surface area contributed by atoms with Crippen LogP contribution in [0.1, 0.15) is 35.1 Å². The van der Waals surface area contributed by atoms with Crippen molar-refractivity contribution in [1.82, 2.24) is 16.0 Å². The Bertz CT molecular complexity index is 966. The maximum atomic E-state index is 12.7. The number of aliphatic hydroxyl groups is 1. The van der Waals surface area contributed by atoms with Crippen LogP contribution in [-0.2, 0) is 4.79 Å². The van der Waals surface area contributed by atoms with E-state index < -0.39 is 11.9 Å². The maximum Gasteiger partial charge on any atom is 0.324 e. The smallest absolute Gasteiger partial charge is 0.324 e. The van der Waals surface area contributed by atoms with E-state index in [1.54, 1.807) is 0 Å². The fraction of sp³-hybridized carbons (Fsp3) is 0.143. The molecule has 1 aliphatic carbocycles. The van der Waals surface area contributed by atoms with Gasteiger partial charge in [0.05, 0.1) is 11.7 Å². The molecule has 2 aromatic carbocycles. The molecule has 2 aliphatic rings. The van der Waals surface area contributed by atoms with Gasteiger partial charge in [-0.3, -0.25) is 10.1 Å². The Morgan fingerprint density at radius 1 is 1.04 bits per heavy atom. The summed E-state index contributed by atoms with van der Waals surface area (Å²) < 4.78 is 0. The molecular weight excluding hydrogens is 342 g/mol. The van der Waals surface area contributed by atoms with Gasteiger partial charge in [0.1, 0.15) is 0 Å². The molecular formula is C21H19N3O3. The third-order valence-corrected chi connectivity index (χ3v) is 4.98. The third-order valence-electron chi connectivity index (χ3n) is 4.98. The number of benzene rings is 2. The Morgan fingerprint density at radius 2 is 1.70 bits per heavy atom. The quantitative estimate of drug-likeness (QED) is 0.677. The Hall–Kier alpha value is -3.54. The highest BCUT2D eigenvalue weighted by atomic mass is 16.3. The molecule has 0 fully saturated rings. The van der Waals surface area contributed by atoms with Gasteiger partial charge in [0.15, 0.2) is 11.5 Å². The van der Waals surface area contributed by atoms with Gasteiger partial charge in [-0.05, 0) is 23.1 Å². The highest BCUT2D eigenvalue weighted by Crippen LogP contribution is 2.43. The first-order valence-corrected chi connectivity index (χ1v) is 8.69. The molecule has 0 bridgehead atoms. The van der Waals surface area contributed by atoms with Crippen LogP contribution in [0.5, 0.6) is 0 Å². The first-order valence-electron chi connectivity index (χ1n) is 8.69. The Balaban J connectivity index is 1.62. The number of hydrogen-bond donors (Lipinski definition) is 4. The molecule has 0 aromatic heterocycles. The second-order valence-corrected chi connectivity index (χ2v) is 6.64. The van der Waals surface area contributed by atoms with Gasteiger partial charge < -0.3 is 15.7 Å². The molecule has 2 atom stereocenters. The lowest BCUT2D eigenvalue weighted by molar-refractivity contribution is -0.118. The normalized spacial score (nSPS) is 21.3. The van der Waals surface area contributed by atoms with Crippen LogP contribution in [0.4, 0.5) is 4.79 Å². The van der Waals surface area contributed by atoms with E-state index in [-0.39, 0.29) is 29.1 Å². The molecule has 1 heterocycles. The van der Waals surface area contributed by atoms with E-state index in [4.69, 9.17) is 0 Å². The number of aliphatic hydroxyl groups excluding tert-OH is 1. The largest absolute Gasteiger partial charge is 0.504 e. The minimum absolute atomic E-state index is 0.00196. The van der Waals surface area contributed by atoms with Gasteiger partial charge in [-0.15, -0.1) is 0 Å². The summed E-state index contributed by atoms with van der Waals surface area (Å²) >= 11 is 0. The van der Waals surface area contributed by atoms with E-state index in [9.17, 15) is 14.7 Å². The van der Waals surface area contributed by atoms with Crippen LogP contribution in [0.3, 0.4) is 0 Å². The summed E-state index contributed by atoms with van der Waals surface area (Å²) in [6.07, 6.45) is 0.705. The summed E-state index contributed by atoms with van der Waals surface area (Å²) in [5.74, 6) is -0.733. The van der Waals surface area contributed by atoms with E-state index in [0.29, 0.717) is 6.42 Å². The number of amides is 3. The van der Waals surface area contributed by atoms with Crippen LogP contribution >= 0.6 is 0 Å². The molecule has 0 radical (unpaired) electrons. The van der Waals surface area contributed by atoms with Gasteiger partial charge in [0.25, 0.3) is 5.91 Å². The molecule has 4 rings (SSSR count). The van der Waals surface area contributed by atoms with Crippen molar-refractivity contribution in [2.24, 2.45) is 0 Å². The molecule has 6 nitrogen and oxygen atoms in total. The van der Waals surface area contributed by atoms with Gasteiger partial charge >= 0.3 is 6.03 Å². The number of rotatable bonds is 3. The zero-order valence-electron chi connectivity index (χ0n) is 14.5. The van der Waals surface area contributed by atoms with Crippen molar-refractivity contribution in [3.63, 3.8) is 0 Å². The van der Waals surface area contributed by atoms with Crippen molar-refractivity contribution in [2.75, 3.05) is 0 Å². The van der Waals surface area contributed by atoms with Crippen molar-refractivity contribution < 1.29 is 14.7 Å². The molecule has 1 aliphatic heterocycles. The lowest BCUT2D eigenvalue weighted by Crippen LogP contribution is -2.45. The van der Waals surface area contributed by atoms with Crippen LogP contribution in [0.15, 0.2) is 78.3 Å². The zero-order chi connectivity index (χ0) is 19.0. The molecule has 0 saturated carbocycles. The summed E-state index contributed by atoms with van der Waals surface area (Å²) in [7, 11) is 0. The highest BCUT2D eigenvalue weighted by Gasteiger charge is 2.34. The Morgan fingerprint density at radius 3 is 2.44 bits per heavy atom. The summed E-state index contributed by atoms with van der Waals surface area (Å²) in [6.45, 7) is 3.54. The first-order chi connectivity index (χ1) is 13.0. The van der Waals surface area contributed by atoms with Gasteiger partial charge in [0.2, 0.25) is 0 Å². The van der Waals surface area contributed by atoms with Crippen molar-refractivity contribution >= 4 is 11.9 Å². The standard InChI is InChI=1S/C21H19N3O3/c1-12-19(25)18(24-21(27)22-12)20(26)23-17-11-16(13-7-3-2-4-8-13)14-9-5-6-10-15(14)17/h2-10,16-17,25H,1,11H2,(H,23,26)(H2,22,24,27)/t16-,17-/m0/s1. The summed E-state index contributed by atoms with van der Waals surface area (Å²) in [5, 5.41) is 17.7. The molecule has 6 heteroatoms. The monoisotopic (exact) mass is 361 g/mol. The lowest BCUT2D eigenvalue weighted by Gasteiger charge is -2.21. The Labute approximate surface area is 156 Å². The topological polar surface area (TPSA) is 90.5 Å². The Kier molecular flexibility index (Phi) is 4.16. The average molecular weight is 361 g/mol. The van der Waals surface area contributed by atoms with Gasteiger partial charge in [-0.25, -0.2) is 4.79 Å². The summed E-state index contributed by atoms with van der Waals surface area (Å²) in [6, 6.07) is 17.3. The third kappa shape index (κ3) is 3.06. The zero-order valence-corrected chi connectivity index (χ0v) is 14.5. The average Bonchev–Trinajstić information content (AvgIpc) is 3.04. The second-order valence-electron chi connectivity index (χ2n) is 6.64. The molecule has 3 amide bonds. The number of hydrogen-bond acceptors (Lipinski definition) is 3. The number of carbonyl (C=O) groups is 2. The van der Waals surface area contributed by atoms with E-state index in [2.05, 4.69) is 40.7 Å². The van der Waals surface area contributed by atoms with Crippen LogP contribution in [0.25, 0.3) is 0 Å². The first kappa shape index (κ1) is 16.9. The minimum Gasteiger partial charge on any atom is -0.504 e. The maximum absolute atomic E-state index is 12.7. The van der Waals surface area contributed by atoms with Crippen molar-refractivity contribution in [3.05, 3.63) is 95.0 Å². The van der Waals surface area contributed by atoms with Gasteiger partial charge in [-0.2, -0.15) is 0 Å². The molecule has 136 valence electrons. The van der Waals surface area contributed by atoms with Crippen molar-refractivity contribution in [1.29, 1.82) is 0 Å². The van der Waals surface area contributed by atoms with E-state index >= 15 is 0 Å². The van der Waals surface area contributed by atoms with Crippen LogP contribution < -0.4 is 16.0 Å². The molecule has 0 unspecified atom stereocenters. The van der Waals surface area contributed by atoms with Crippen LogP contribution in [0.2, 0.25) is 0 Å². The number of carbonyl (C=O) groups excluding carboxylic acids is 2.